The standard InChI is InChI=1S/C11H10ClFN2O2/c1-2-17-11(16)9-5-3-6(12)7(13)4-8(5)15-10(9)14/h3-4,15H,2,14H2,1H3. The van der Waals surface area contributed by atoms with Crippen molar-refractivity contribution in [3.8, 4) is 0 Å². The monoisotopic (exact) mass is 256 g/mol. The maximum Gasteiger partial charge on any atom is 0.342 e. The van der Waals surface area contributed by atoms with Crippen LogP contribution in [0.1, 0.15) is 17.3 Å². The van der Waals surface area contributed by atoms with Crippen LogP contribution in [0.15, 0.2) is 12.1 Å². The molecule has 0 atom stereocenters. The van der Waals surface area contributed by atoms with Crippen LogP contribution in [-0.2, 0) is 4.74 Å². The van der Waals surface area contributed by atoms with Gasteiger partial charge in [0.15, 0.2) is 0 Å². The number of fused-ring (bicyclic) bond motifs is 1. The summed E-state index contributed by atoms with van der Waals surface area (Å²) in [5.41, 5.74) is 6.26. The second-order valence-electron chi connectivity index (χ2n) is 3.45. The number of aromatic amines is 1. The van der Waals surface area contributed by atoms with E-state index in [9.17, 15) is 9.18 Å². The first kappa shape index (κ1) is 11.7. The van der Waals surface area contributed by atoms with Crippen molar-refractivity contribution in [1.82, 2.24) is 4.98 Å². The minimum atomic E-state index is -0.573. The Morgan fingerprint density at radius 3 is 2.94 bits per heavy atom. The molecule has 0 fully saturated rings. The molecular formula is C11H10ClFN2O2. The van der Waals surface area contributed by atoms with Gasteiger partial charge in [-0.2, -0.15) is 0 Å². The van der Waals surface area contributed by atoms with E-state index in [0.717, 1.165) is 0 Å². The van der Waals surface area contributed by atoms with Gasteiger partial charge in [0, 0.05) is 5.39 Å². The number of rotatable bonds is 2. The van der Waals surface area contributed by atoms with E-state index in [0.29, 0.717) is 10.9 Å². The van der Waals surface area contributed by atoms with Crippen LogP contribution in [0.25, 0.3) is 10.9 Å². The smallest absolute Gasteiger partial charge is 0.342 e. The Balaban J connectivity index is 2.66. The Morgan fingerprint density at radius 2 is 2.29 bits per heavy atom. The Labute approximate surface area is 102 Å². The fourth-order valence-electron chi connectivity index (χ4n) is 1.63. The molecule has 0 bridgehead atoms. The van der Waals surface area contributed by atoms with Crippen LogP contribution >= 0.6 is 11.6 Å². The van der Waals surface area contributed by atoms with Gasteiger partial charge in [0.05, 0.1) is 17.1 Å². The summed E-state index contributed by atoms with van der Waals surface area (Å²) in [7, 11) is 0. The maximum atomic E-state index is 13.2. The molecular weight excluding hydrogens is 247 g/mol. The number of halogens is 2. The molecule has 0 aliphatic carbocycles. The summed E-state index contributed by atoms with van der Waals surface area (Å²) in [5.74, 6) is -0.991. The van der Waals surface area contributed by atoms with Crippen LogP contribution in [0.4, 0.5) is 10.2 Å². The highest BCUT2D eigenvalue weighted by Gasteiger charge is 2.19. The van der Waals surface area contributed by atoms with Crippen LogP contribution in [0, 0.1) is 5.82 Å². The number of nitrogen functional groups attached to an aromatic ring is 1. The average molecular weight is 257 g/mol. The predicted octanol–water partition coefficient (Wildman–Crippen LogP) is 2.72. The molecule has 0 amide bonds. The number of hydrogen-bond donors (Lipinski definition) is 2. The van der Waals surface area contributed by atoms with E-state index in [2.05, 4.69) is 4.98 Å². The zero-order valence-corrected chi connectivity index (χ0v) is 9.77. The number of anilines is 1. The highest BCUT2D eigenvalue weighted by atomic mass is 35.5. The van der Waals surface area contributed by atoms with E-state index in [1.807, 2.05) is 0 Å². The van der Waals surface area contributed by atoms with Crippen molar-refractivity contribution >= 4 is 34.3 Å². The van der Waals surface area contributed by atoms with Gasteiger partial charge in [-0.25, -0.2) is 9.18 Å². The first-order valence-electron chi connectivity index (χ1n) is 4.98. The number of H-pyrrole nitrogens is 1. The summed E-state index contributed by atoms with van der Waals surface area (Å²) < 4.78 is 18.1. The van der Waals surface area contributed by atoms with Gasteiger partial charge < -0.3 is 15.5 Å². The quantitative estimate of drug-likeness (QED) is 0.812. The molecule has 0 unspecified atom stereocenters. The highest BCUT2D eigenvalue weighted by Crippen LogP contribution is 2.29. The summed E-state index contributed by atoms with van der Waals surface area (Å²) in [6.07, 6.45) is 0. The van der Waals surface area contributed by atoms with E-state index in [1.54, 1.807) is 6.92 Å². The molecule has 1 aromatic heterocycles. The second kappa shape index (κ2) is 4.25. The molecule has 0 saturated heterocycles. The van der Waals surface area contributed by atoms with Gasteiger partial charge in [0.25, 0.3) is 0 Å². The number of ether oxygens (including phenoxy) is 1. The zero-order valence-electron chi connectivity index (χ0n) is 9.01. The molecule has 6 heteroatoms. The summed E-state index contributed by atoms with van der Waals surface area (Å²) >= 11 is 5.67. The van der Waals surface area contributed by atoms with Crippen molar-refractivity contribution in [3.05, 3.63) is 28.5 Å². The minimum Gasteiger partial charge on any atom is -0.462 e. The van der Waals surface area contributed by atoms with Gasteiger partial charge in [0.1, 0.15) is 17.2 Å². The van der Waals surface area contributed by atoms with E-state index in [4.69, 9.17) is 22.1 Å². The summed E-state index contributed by atoms with van der Waals surface area (Å²) in [5, 5.41) is 0.384. The SMILES string of the molecule is CCOC(=O)c1c(N)[nH]c2cc(F)c(Cl)cc12. The molecule has 0 aliphatic rings. The lowest BCUT2D eigenvalue weighted by Gasteiger charge is -2.01. The molecule has 4 nitrogen and oxygen atoms in total. The van der Waals surface area contributed by atoms with Gasteiger partial charge >= 0.3 is 5.97 Å². The van der Waals surface area contributed by atoms with E-state index >= 15 is 0 Å². The van der Waals surface area contributed by atoms with E-state index in [-0.39, 0.29) is 23.0 Å². The lowest BCUT2D eigenvalue weighted by Crippen LogP contribution is -2.06. The molecule has 0 saturated carbocycles. The van der Waals surface area contributed by atoms with Crippen molar-refractivity contribution in [2.45, 2.75) is 6.92 Å². The van der Waals surface area contributed by atoms with Gasteiger partial charge in [-0.1, -0.05) is 11.6 Å². The summed E-state index contributed by atoms with van der Waals surface area (Å²) in [4.78, 5) is 14.4. The number of nitrogens with one attached hydrogen (secondary N) is 1. The fraction of sp³-hybridized carbons (Fsp3) is 0.182. The fourth-order valence-corrected chi connectivity index (χ4v) is 1.80. The minimum absolute atomic E-state index is 0.0675. The number of aromatic nitrogens is 1. The summed E-state index contributed by atoms with van der Waals surface area (Å²) in [6.45, 7) is 1.93. The molecule has 1 heterocycles. The Bertz CT molecular complexity index is 595. The number of carbonyl (C=O) groups is 1. The molecule has 1 aromatic carbocycles. The van der Waals surface area contributed by atoms with Crippen molar-refractivity contribution in [2.75, 3.05) is 12.3 Å². The van der Waals surface area contributed by atoms with Crippen LogP contribution in [0.2, 0.25) is 5.02 Å². The number of nitrogens with two attached hydrogens (primary N) is 1. The first-order chi connectivity index (χ1) is 8.04. The molecule has 0 radical (unpaired) electrons. The van der Waals surface area contributed by atoms with Crippen molar-refractivity contribution in [2.24, 2.45) is 0 Å². The summed E-state index contributed by atoms with van der Waals surface area (Å²) in [6, 6.07) is 2.54. The molecule has 2 rings (SSSR count). The number of benzene rings is 1. The zero-order chi connectivity index (χ0) is 12.6. The largest absolute Gasteiger partial charge is 0.462 e. The molecule has 3 N–H and O–H groups in total. The molecule has 0 spiro atoms. The number of hydrogen-bond acceptors (Lipinski definition) is 3. The number of carbonyl (C=O) groups excluding carboxylic acids is 1. The molecule has 17 heavy (non-hydrogen) atoms. The van der Waals surface area contributed by atoms with Crippen LogP contribution in [0.3, 0.4) is 0 Å². The lowest BCUT2D eigenvalue weighted by molar-refractivity contribution is 0.0530. The van der Waals surface area contributed by atoms with E-state index < -0.39 is 11.8 Å². The van der Waals surface area contributed by atoms with Gasteiger partial charge in [0.2, 0.25) is 0 Å². The maximum absolute atomic E-state index is 13.2. The first-order valence-corrected chi connectivity index (χ1v) is 5.35. The van der Waals surface area contributed by atoms with Crippen molar-refractivity contribution in [3.63, 3.8) is 0 Å². The van der Waals surface area contributed by atoms with Gasteiger partial charge in [-0.3, -0.25) is 0 Å². The third kappa shape index (κ3) is 1.93. The normalized spacial score (nSPS) is 10.8. The van der Waals surface area contributed by atoms with Gasteiger partial charge in [-0.15, -0.1) is 0 Å². The third-order valence-corrected chi connectivity index (χ3v) is 2.64. The van der Waals surface area contributed by atoms with Crippen molar-refractivity contribution in [1.29, 1.82) is 0 Å². The average Bonchev–Trinajstić information content (AvgIpc) is 2.55. The van der Waals surface area contributed by atoms with Crippen LogP contribution in [-0.4, -0.2) is 17.6 Å². The predicted molar refractivity (Wildman–Crippen MR) is 63.6 cm³/mol. The lowest BCUT2D eigenvalue weighted by atomic mass is 10.1. The Morgan fingerprint density at radius 1 is 1.59 bits per heavy atom. The Hall–Kier alpha value is -1.75. The van der Waals surface area contributed by atoms with Gasteiger partial charge in [-0.05, 0) is 19.1 Å². The topological polar surface area (TPSA) is 68.1 Å². The molecule has 2 aromatic rings. The molecule has 90 valence electrons. The van der Waals surface area contributed by atoms with Crippen LogP contribution < -0.4 is 5.73 Å². The second-order valence-corrected chi connectivity index (χ2v) is 3.85. The Kier molecular flexibility index (Phi) is 2.93. The van der Waals surface area contributed by atoms with E-state index in [1.165, 1.54) is 12.1 Å². The third-order valence-electron chi connectivity index (χ3n) is 2.35. The highest BCUT2D eigenvalue weighted by molar-refractivity contribution is 6.31. The molecule has 0 aliphatic heterocycles. The number of esters is 1. The van der Waals surface area contributed by atoms with Crippen LogP contribution in [0.5, 0.6) is 0 Å². The van der Waals surface area contributed by atoms with Crippen molar-refractivity contribution < 1.29 is 13.9 Å².